The second kappa shape index (κ2) is 3.38. The normalized spacial score (nSPS) is 14.6. The summed E-state index contributed by atoms with van der Waals surface area (Å²) in [5, 5.41) is 0. The molecule has 0 saturated heterocycles. The fourth-order valence-corrected chi connectivity index (χ4v) is 1.79. The van der Waals surface area contributed by atoms with E-state index in [0.717, 1.165) is 6.42 Å². The number of carbonyl (C=O) groups excluding carboxylic acids is 2. The van der Waals surface area contributed by atoms with Crippen molar-refractivity contribution < 1.29 is 9.59 Å². The van der Waals surface area contributed by atoms with E-state index in [4.69, 9.17) is 5.73 Å². The molecule has 0 fully saturated rings. The molecule has 1 aromatic rings. The third-order valence-corrected chi connectivity index (χ3v) is 2.48. The molecule has 0 aliphatic carbocycles. The predicted molar refractivity (Wildman–Crippen MR) is 56.5 cm³/mol. The second-order valence-corrected chi connectivity index (χ2v) is 3.53. The van der Waals surface area contributed by atoms with Crippen molar-refractivity contribution in [1.29, 1.82) is 0 Å². The fraction of sp³-hybridized carbons (Fsp3) is 0.273. The van der Waals surface area contributed by atoms with Gasteiger partial charge in [0.1, 0.15) is 0 Å². The number of rotatable bonds is 2. The molecular weight excluding hydrogens is 192 g/mol. The minimum Gasteiger partial charge on any atom is -0.398 e. The Morgan fingerprint density at radius 3 is 2.60 bits per heavy atom. The summed E-state index contributed by atoms with van der Waals surface area (Å²) in [6.07, 6.45) is 0.755. The van der Waals surface area contributed by atoms with Crippen molar-refractivity contribution in [2.45, 2.75) is 13.3 Å². The Hall–Kier alpha value is -1.84. The van der Waals surface area contributed by atoms with Crippen LogP contribution < -0.4 is 5.73 Å². The Kier molecular flexibility index (Phi) is 2.19. The molecule has 2 N–H and O–H groups in total. The molecule has 15 heavy (non-hydrogen) atoms. The number of benzene rings is 1. The van der Waals surface area contributed by atoms with Gasteiger partial charge in [0.15, 0.2) is 0 Å². The number of anilines is 1. The first kappa shape index (κ1) is 9.71. The fourth-order valence-electron chi connectivity index (χ4n) is 1.79. The molecule has 0 aromatic heterocycles. The summed E-state index contributed by atoms with van der Waals surface area (Å²) >= 11 is 0. The van der Waals surface area contributed by atoms with Crippen molar-refractivity contribution in [3.8, 4) is 0 Å². The first-order valence-electron chi connectivity index (χ1n) is 4.91. The van der Waals surface area contributed by atoms with Gasteiger partial charge in [-0.25, -0.2) is 0 Å². The van der Waals surface area contributed by atoms with Crippen LogP contribution in [0, 0.1) is 0 Å². The Balaban J connectivity index is 2.51. The van der Waals surface area contributed by atoms with E-state index in [2.05, 4.69) is 0 Å². The molecule has 1 aliphatic rings. The van der Waals surface area contributed by atoms with Gasteiger partial charge in [-0.05, 0) is 18.6 Å². The third-order valence-electron chi connectivity index (χ3n) is 2.48. The molecular formula is C11H12N2O2. The van der Waals surface area contributed by atoms with E-state index in [1.165, 1.54) is 4.90 Å². The van der Waals surface area contributed by atoms with Gasteiger partial charge in [-0.2, -0.15) is 0 Å². The van der Waals surface area contributed by atoms with E-state index in [0.29, 0.717) is 23.4 Å². The number of amides is 2. The van der Waals surface area contributed by atoms with Crippen molar-refractivity contribution in [2.75, 3.05) is 12.3 Å². The zero-order chi connectivity index (χ0) is 11.0. The molecule has 2 rings (SSSR count). The molecule has 0 atom stereocenters. The molecule has 78 valence electrons. The monoisotopic (exact) mass is 204 g/mol. The number of imide groups is 1. The molecule has 1 aromatic carbocycles. The van der Waals surface area contributed by atoms with Crippen LogP contribution in [0.25, 0.3) is 0 Å². The molecule has 4 heteroatoms. The van der Waals surface area contributed by atoms with Crippen molar-refractivity contribution in [1.82, 2.24) is 4.90 Å². The van der Waals surface area contributed by atoms with Crippen LogP contribution in [0.2, 0.25) is 0 Å². The van der Waals surface area contributed by atoms with Gasteiger partial charge < -0.3 is 5.73 Å². The standard InChI is InChI=1S/C11H12N2O2/c1-2-6-13-10(14)7-4-3-5-8(12)9(7)11(13)15/h3-5H,2,6,12H2,1H3. The number of nitrogen functional groups attached to an aromatic ring is 1. The SMILES string of the molecule is CCCN1C(=O)c2cccc(N)c2C1=O. The summed E-state index contributed by atoms with van der Waals surface area (Å²) in [5.41, 5.74) is 6.84. The Morgan fingerprint density at radius 2 is 2.00 bits per heavy atom. The Morgan fingerprint density at radius 1 is 1.27 bits per heavy atom. The van der Waals surface area contributed by atoms with E-state index >= 15 is 0 Å². The smallest absolute Gasteiger partial charge is 0.263 e. The lowest BCUT2D eigenvalue weighted by Gasteiger charge is -2.11. The lowest BCUT2D eigenvalue weighted by atomic mass is 10.1. The number of carbonyl (C=O) groups is 2. The highest BCUT2D eigenvalue weighted by Gasteiger charge is 2.36. The minimum absolute atomic E-state index is 0.232. The maximum Gasteiger partial charge on any atom is 0.263 e. The van der Waals surface area contributed by atoms with Gasteiger partial charge in [0.2, 0.25) is 0 Å². The number of fused-ring (bicyclic) bond motifs is 1. The molecule has 0 spiro atoms. The third kappa shape index (κ3) is 1.29. The molecule has 2 amide bonds. The molecule has 1 heterocycles. The molecule has 4 nitrogen and oxygen atoms in total. The van der Waals surface area contributed by atoms with Crippen molar-refractivity contribution in [3.05, 3.63) is 29.3 Å². The number of hydrogen-bond acceptors (Lipinski definition) is 3. The average Bonchev–Trinajstić information content (AvgIpc) is 2.45. The van der Waals surface area contributed by atoms with Crippen LogP contribution in [0.1, 0.15) is 34.1 Å². The van der Waals surface area contributed by atoms with Gasteiger partial charge in [0, 0.05) is 12.2 Å². The molecule has 0 saturated carbocycles. The maximum atomic E-state index is 11.8. The van der Waals surface area contributed by atoms with Crippen molar-refractivity contribution in [2.24, 2.45) is 0 Å². The zero-order valence-corrected chi connectivity index (χ0v) is 8.49. The van der Waals surface area contributed by atoms with E-state index in [1.54, 1.807) is 18.2 Å². The van der Waals surface area contributed by atoms with E-state index in [-0.39, 0.29) is 11.8 Å². The highest BCUT2D eigenvalue weighted by Crippen LogP contribution is 2.27. The lowest BCUT2D eigenvalue weighted by Crippen LogP contribution is -2.30. The van der Waals surface area contributed by atoms with Gasteiger partial charge >= 0.3 is 0 Å². The largest absolute Gasteiger partial charge is 0.398 e. The second-order valence-electron chi connectivity index (χ2n) is 3.53. The quantitative estimate of drug-likeness (QED) is 0.583. The summed E-state index contributed by atoms with van der Waals surface area (Å²) in [5.74, 6) is -0.501. The van der Waals surface area contributed by atoms with Crippen LogP contribution in [0.5, 0.6) is 0 Å². The Labute approximate surface area is 87.7 Å². The van der Waals surface area contributed by atoms with Gasteiger partial charge in [0.25, 0.3) is 11.8 Å². The maximum absolute atomic E-state index is 11.8. The van der Waals surface area contributed by atoms with Crippen LogP contribution in [0.4, 0.5) is 5.69 Å². The molecule has 0 bridgehead atoms. The van der Waals surface area contributed by atoms with Crippen LogP contribution in [0.15, 0.2) is 18.2 Å². The molecule has 0 unspecified atom stereocenters. The highest BCUT2D eigenvalue weighted by atomic mass is 16.2. The molecule has 1 aliphatic heterocycles. The van der Waals surface area contributed by atoms with E-state index in [9.17, 15) is 9.59 Å². The summed E-state index contributed by atoms with van der Waals surface area (Å²) in [6.45, 7) is 2.37. The Bertz CT molecular complexity index is 440. The summed E-state index contributed by atoms with van der Waals surface area (Å²) in [6, 6.07) is 4.97. The first-order chi connectivity index (χ1) is 7.16. The number of hydrogen-bond donors (Lipinski definition) is 1. The van der Waals surface area contributed by atoms with E-state index in [1.807, 2.05) is 6.92 Å². The van der Waals surface area contributed by atoms with Gasteiger partial charge in [-0.3, -0.25) is 14.5 Å². The van der Waals surface area contributed by atoms with Crippen molar-refractivity contribution in [3.63, 3.8) is 0 Å². The topological polar surface area (TPSA) is 63.4 Å². The summed E-state index contributed by atoms with van der Waals surface area (Å²) < 4.78 is 0. The van der Waals surface area contributed by atoms with Gasteiger partial charge in [-0.1, -0.05) is 13.0 Å². The summed E-state index contributed by atoms with van der Waals surface area (Å²) in [4.78, 5) is 24.9. The van der Waals surface area contributed by atoms with Crippen LogP contribution >= 0.6 is 0 Å². The zero-order valence-electron chi connectivity index (χ0n) is 8.49. The summed E-state index contributed by atoms with van der Waals surface area (Å²) in [7, 11) is 0. The first-order valence-corrected chi connectivity index (χ1v) is 4.91. The van der Waals surface area contributed by atoms with Gasteiger partial charge in [0.05, 0.1) is 11.1 Å². The number of nitrogens with zero attached hydrogens (tertiary/aromatic N) is 1. The van der Waals surface area contributed by atoms with Crippen LogP contribution in [-0.2, 0) is 0 Å². The highest BCUT2D eigenvalue weighted by molar-refractivity contribution is 6.23. The van der Waals surface area contributed by atoms with E-state index < -0.39 is 0 Å². The van der Waals surface area contributed by atoms with Crippen molar-refractivity contribution >= 4 is 17.5 Å². The van der Waals surface area contributed by atoms with Crippen LogP contribution in [0.3, 0.4) is 0 Å². The van der Waals surface area contributed by atoms with Crippen LogP contribution in [-0.4, -0.2) is 23.3 Å². The minimum atomic E-state index is -0.269. The lowest BCUT2D eigenvalue weighted by molar-refractivity contribution is 0.0655. The van der Waals surface area contributed by atoms with Gasteiger partial charge in [-0.15, -0.1) is 0 Å². The number of nitrogens with two attached hydrogens (primary N) is 1. The molecule has 0 radical (unpaired) electrons. The predicted octanol–water partition coefficient (Wildman–Crippen LogP) is 1.27. The average molecular weight is 204 g/mol.